The summed E-state index contributed by atoms with van der Waals surface area (Å²) in [6, 6.07) is 22.5. The van der Waals surface area contributed by atoms with Crippen LogP contribution < -0.4 is 9.64 Å². The summed E-state index contributed by atoms with van der Waals surface area (Å²) in [6.07, 6.45) is 1.35. The molecule has 1 aliphatic rings. The van der Waals surface area contributed by atoms with Crippen molar-refractivity contribution in [1.82, 2.24) is 9.55 Å². The molecule has 34 heavy (non-hydrogen) atoms. The van der Waals surface area contributed by atoms with Gasteiger partial charge in [-0.2, -0.15) is 0 Å². The number of aryl methyl sites for hydroxylation is 3. The first-order valence-corrected chi connectivity index (χ1v) is 12.0. The Morgan fingerprint density at radius 3 is 2.56 bits per heavy atom. The van der Waals surface area contributed by atoms with E-state index in [0.29, 0.717) is 19.6 Å². The third-order valence-electron chi connectivity index (χ3n) is 6.92. The third-order valence-corrected chi connectivity index (χ3v) is 6.92. The summed E-state index contributed by atoms with van der Waals surface area (Å²) >= 11 is 0. The summed E-state index contributed by atoms with van der Waals surface area (Å²) in [4.78, 5) is 19.9. The molecule has 1 atom stereocenters. The Morgan fingerprint density at radius 2 is 1.71 bits per heavy atom. The summed E-state index contributed by atoms with van der Waals surface area (Å²) in [5, 5.41) is 0. The van der Waals surface area contributed by atoms with Crippen LogP contribution in [0.1, 0.15) is 41.3 Å². The second kappa shape index (κ2) is 9.34. The summed E-state index contributed by atoms with van der Waals surface area (Å²) < 4.78 is 8.40. The Kier molecular flexibility index (Phi) is 6.10. The molecule has 1 saturated heterocycles. The average molecular weight is 454 g/mol. The monoisotopic (exact) mass is 453 g/mol. The van der Waals surface area contributed by atoms with Crippen molar-refractivity contribution in [2.75, 3.05) is 18.1 Å². The highest BCUT2D eigenvalue weighted by atomic mass is 16.5. The van der Waals surface area contributed by atoms with Crippen LogP contribution in [0.3, 0.4) is 0 Å². The Morgan fingerprint density at radius 1 is 0.941 bits per heavy atom. The molecule has 1 aromatic heterocycles. The van der Waals surface area contributed by atoms with Gasteiger partial charge in [-0.25, -0.2) is 4.98 Å². The highest BCUT2D eigenvalue weighted by molar-refractivity contribution is 5.97. The summed E-state index contributed by atoms with van der Waals surface area (Å²) in [6.45, 7) is 8.36. The first-order valence-electron chi connectivity index (χ1n) is 12.0. The fourth-order valence-corrected chi connectivity index (χ4v) is 4.91. The zero-order valence-corrected chi connectivity index (χ0v) is 20.1. The number of hydrogen-bond donors (Lipinski definition) is 0. The van der Waals surface area contributed by atoms with Gasteiger partial charge in [-0.1, -0.05) is 42.5 Å². The van der Waals surface area contributed by atoms with Crippen LogP contribution in [0.15, 0.2) is 66.7 Å². The Balaban J connectivity index is 1.36. The lowest BCUT2D eigenvalue weighted by Crippen LogP contribution is -2.25. The molecule has 5 heteroatoms. The van der Waals surface area contributed by atoms with Crippen molar-refractivity contribution in [3.8, 4) is 5.75 Å². The molecule has 0 spiro atoms. The second-order valence-electron chi connectivity index (χ2n) is 9.20. The lowest BCUT2D eigenvalue weighted by molar-refractivity contribution is -0.117. The number of aromatic nitrogens is 2. The first-order chi connectivity index (χ1) is 16.5. The van der Waals surface area contributed by atoms with E-state index in [4.69, 9.17) is 9.72 Å². The van der Waals surface area contributed by atoms with E-state index in [9.17, 15) is 4.79 Å². The Hall–Kier alpha value is -3.60. The molecule has 1 aliphatic heterocycles. The Bertz CT molecular complexity index is 1340. The maximum Gasteiger partial charge on any atom is 0.227 e. The quantitative estimate of drug-likeness (QED) is 0.325. The summed E-state index contributed by atoms with van der Waals surface area (Å²) in [7, 11) is 0. The molecule has 0 N–H and O–H groups in total. The van der Waals surface area contributed by atoms with Gasteiger partial charge in [0, 0.05) is 31.1 Å². The topological polar surface area (TPSA) is 47.4 Å². The number of hydrogen-bond acceptors (Lipinski definition) is 3. The fourth-order valence-electron chi connectivity index (χ4n) is 4.91. The minimum absolute atomic E-state index is 0.0689. The zero-order valence-electron chi connectivity index (χ0n) is 20.1. The zero-order chi connectivity index (χ0) is 23.7. The van der Waals surface area contributed by atoms with Crippen molar-refractivity contribution in [3.05, 3.63) is 89.2 Å². The molecule has 1 fully saturated rings. The molecular weight excluding hydrogens is 422 g/mol. The number of anilines is 1. The second-order valence-corrected chi connectivity index (χ2v) is 9.20. The van der Waals surface area contributed by atoms with E-state index in [1.165, 1.54) is 11.1 Å². The summed E-state index contributed by atoms with van der Waals surface area (Å²) in [5.41, 5.74) is 6.65. The van der Waals surface area contributed by atoms with E-state index in [2.05, 4.69) is 55.7 Å². The number of benzene rings is 3. The average Bonchev–Trinajstić information content (AvgIpc) is 3.40. The van der Waals surface area contributed by atoms with Crippen molar-refractivity contribution in [3.63, 3.8) is 0 Å². The van der Waals surface area contributed by atoms with Gasteiger partial charge in [0.25, 0.3) is 0 Å². The molecule has 0 radical (unpaired) electrons. The van der Waals surface area contributed by atoms with Crippen LogP contribution in [-0.4, -0.2) is 28.6 Å². The lowest BCUT2D eigenvalue weighted by atomic mass is 10.1. The SMILES string of the molecule is Cc1ccccc1N1CC(c2nc3ccccc3n2CCCOc2cccc(C)c2C)CC1=O. The van der Waals surface area contributed by atoms with E-state index in [0.717, 1.165) is 46.8 Å². The van der Waals surface area contributed by atoms with Crippen molar-refractivity contribution in [2.45, 2.75) is 46.1 Å². The number of imidazole rings is 1. The van der Waals surface area contributed by atoms with Gasteiger partial charge < -0.3 is 14.2 Å². The van der Waals surface area contributed by atoms with Crippen molar-refractivity contribution in [2.24, 2.45) is 0 Å². The third kappa shape index (κ3) is 4.18. The van der Waals surface area contributed by atoms with E-state index in [1.54, 1.807) is 0 Å². The molecule has 2 heterocycles. The van der Waals surface area contributed by atoms with Crippen LogP contribution in [0.4, 0.5) is 5.69 Å². The van der Waals surface area contributed by atoms with Crippen LogP contribution in [-0.2, 0) is 11.3 Å². The van der Waals surface area contributed by atoms with Gasteiger partial charge in [-0.3, -0.25) is 4.79 Å². The van der Waals surface area contributed by atoms with E-state index in [1.807, 2.05) is 41.3 Å². The largest absolute Gasteiger partial charge is 0.493 e. The number of amides is 1. The molecule has 174 valence electrons. The van der Waals surface area contributed by atoms with Gasteiger partial charge in [-0.15, -0.1) is 0 Å². The standard InChI is InChI=1S/C29H31N3O2/c1-20-11-8-15-27(22(20)3)34-17-9-16-31-26-14-7-5-12-24(26)30-29(31)23-18-28(33)32(19-23)25-13-6-4-10-21(25)2/h4-8,10-15,23H,9,16-19H2,1-3H3. The van der Waals surface area contributed by atoms with Gasteiger partial charge in [0.15, 0.2) is 0 Å². The molecule has 1 unspecified atom stereocenters. The number of nitrogens with zero attached hydrogens (tertiary/aromatic N) is 3. The lowest BCUT2D eigenvalue weighted by Gasteiger charge is -2.19. The molecule has 0 aliphatic carbocycles. The molecular formula is C29H31N3O2. The van der Waals surface area contributed by atoms with Crippen LogP contribution in [0.5, 0.6) is 5.75 Å². The minimum Gasteiger partial charge on any atom is -0.493 e. The molecule has 4 aromatic rings. The number of para-hydroxylation sites is 3. The van der Waals surface area contributed by atoms with Crippen molar-refractivity contribution in [1.29, 1.82) is 0 Å². The number of carbonyl (C=O) groups is 1. The Labute approximate surface area is 201 Å². The number of ether oxygens (including phenoxy) is 1. The van der Waals surface area contributed by atoms with Gasteiger partial charge in [0.1, 0.15) is 11.6 Å². The van der Waals surface area contributed by atoms with Crippen molar-refractivity contribution >= 4 is 22.6 Å². The normalized spacial score (nSPS) is 15.9. The predicted octanol–water partition coefficient (Wildman–Crippen LogP) is 5.95. The minimum atomic E-state index is 0.0689. The highest BCUT2D eigenvalue weighted by Gasteiger charge is 2.35. The first kappa shape index (κ1) is 22.2. The van der Waals surface area contributed by atoms with E-state index in [-0.39, 0.29) is 11.8 Å². The molecule has 3 aromatic carbocycles. The van der Waals surface area contributed by atoms with E-state index >= 15 is 0 Å². The smallest absolute Gasteiger partial charge is 0.227 e. The summed E-state index contributed by atoms with van der Waals surface area (Å²) in [5.74, 6) is 2.18. The highest BCUT2D eigenvalue weighted by Crippen LogP contribution is 2.34. The van der Waals surface area contributed by atoms with Crippen LogP contribution in [0.25, 0.3) is 11.0 Å². The van der Waals surface area contributed by atoms with Gasteiger partial charge in [-0.05, 0) is 68.1 Å². The molecule has 0 saturated carbocycles. The van der Waals surface area contributed by atoms with Gasteiger partial charge in [0.2, 0.25) is 5.91 Å². The predicted molar refractivity (Wildman–Crippen MR) is 137 cm³/mol. The molecule has 5 nitrogen and oxygen atoms in total. The fraction of sp³-hybridized carbons (Fsp3) is 0.310. The van der Waals surface area contributed by atoms with Gasteiger partial charge in [0.05, 0.1) is 17.6 Å². The maximum absolute atomic E-state index is 13.0. The van der Waals surface area contributed by atoms with Crippen LogP contribution in [0.2, 0.25) is 0 Å². The van der Waals surface area contributed by atoms with Crippen molar-refractivity contribution < 1.29 is 9.53 Å². The molecule has 0 bridgehead atoms. The van der Waals surface area contributed by atoms with Crippen LogP contribution in [0, 0.1) is 20.8 Å². The maximum atomic E-state index is 13.0. The van der Waals surface area contributed by atoms with Gasteiger partial charge >= 0.3 is 0 Å². The number of carbonyl (C=O) groups excluding carboxylic acids is 1. The molecule has 5 rings (SSSR count). The molecule has 1 amide bonds. The number of rotatable bonds is 7. The van der Waals surface area contributed by atoms with Crippen LogP contribution >= 0.6 is 0 Å². The van der Waals surface area contributed by atoms with E-state index < -0.39 is 0 Å². The number of fused-ring (bicyclic) bond motifs is 1.